The summed E-state index contributed by atoms with van der Waals surface area (Å²) in [5.41, 5.74) is 8.92. The molecule has 1 aromatic heterocycles. The van der Waals surface area contributed by atoms with Crippen LogP contribution in [0.4, 0.5) is 5.69 Å². The Morgan fingerprint density at radius 1 is 1.40 bits per heavy atom. The van der Waals surface area contributed by atoms with Gasteiger partial charge in [-0.3, -0.25) is 4.99 Å². The Balaban J connectivity index is 0.000000286. The van der Waals surface area contributed by atoms with Gasteiger partial charge in [0.1, 0.15) is 0 Å². The van der Waals surface area contributed by atoms with Crippen LogP contribution in [0.3, 0.4) is 0 Å². The fourth-order valence-electron chi connectivity index (χ4n) is 2.00. The van der Waals surface area contributed by atoms with E-state index in [0.29, 0.717) is 12.5 Å². The van der Waals surface area contributed by atoms with Gasteiger partial charge in [0.25, 0.3) is 0 Å². The van der Waals surface area contributed by atoms with Gasteiger partial charge in [-0.05, 0) is 42.8 Å². The molecule has 20 heavy (non-hydrogen) atoms. The number of aliphatic imine (C=N–C) groups is 1. The van der Waals surface area contributed by atoms with Crippen molar-refractivity contribution in [3.63, 3.8) is 0 Å². The molecule has 2 rings (SSSR count). The summed E-state index contributed by atoms with van der Waals surface area (Å²) in [6.07, 6.45) is 3.75. The van der Waals surface area contributed by atoms with E-state index in [0.717, 1.165) is 6.54 Å². The highest BCUT2D eigenvalue weighted by Gasteiger charge is 2.07. The van der Waals surface area contributed by atoms with Crippen molar-refractivity contribution >= 4 is 22.8 Å². The predicted molar refractivity (Wildman–Crippen MR) is 90.0 cm³/mol. The maximum absolute atomic E-state index is 5.10. The summed E-state index contributed by atoms with van der Waals surface area (Å²) in [5, 5.41) is 4.47. The maximum Gasteiger partial charge on any atom is 0.0507 e. The summed E-state index contributed by atoms with van der Waals surface area (Å²) in [6.45, 7) is 7.74. The lowest BCUT2D eigenvalue weighted by molar-refractivity contribution is 0.874. The number of nitrogens with two attached hydrogens (primary N) is 1. The van der Waals surface area contributed by atoms with Crippen LogP contribution in [0.5, 0.6) is 0 Å². The Kier molecular flexibility index (Phi) is 6.81. The number of aromatic amines is 1. The average Bonchev–Trinajstić information content (AvgIpc) is 2.92. The molecular weight excluding hydrogens is 248 g/mol. The highest BCUT2D eigenvalue weighted by atomic mass is 14.8. The van der Waals surface area contributed by atoms with Gasteiger partial charge in [0.05, 0.1) is 6.54 Å². The molecule has 0 bridgehead atoms. The number of benzene rings is 1. The molecule has 0 amide bonds. The van der Waals surface area contributed by atoms with Crippen LogP contribution in [0.2, 0.25) is 0 Å². The Morgan fingerprint density at radius 2 is 2.15 bits per heavy atom. The number of fused-ring (bicyclic) bond motifs is 1. The Hall–Kier alpha value is -1.81. The van der Waals surface area contributed by atoms with Crippen molar-refractivity contribution < 1.29 is 0 Å². The molecule has 0 spiro atoms. The quantitative estimate of drug-likeness (QED) is 0.748. The molecule has 110 valence electrons. The van der Waals surface area contributed by atoms with Crippen molar-refractivity contribution in [1.82, 2.24) is 4.98 Å². The summed E-state index contributed by atoms with van der Waals surface area (Å²) >= 11 is 0. The third kappa shape index (κ3) is 4.38. The van der Waals surface area contributed by atoms with Crippen LogP contribution in [0.15, 0.2) is 29.4 Å². The lowest BCUT2D eigenvalue weighted by Crippen LogP contribution is -2.01. The first-order chi connectivity index (χ1) is 9.63. The van der Waals surface area contributed by atoms with Crippen molar-refractivity contribution in [1.29, 1.82) is 0 Å². The van der Waals surface area contributed by atoms with Gasteiger partial charge >= 0.3 is 0 Å². The number of hydrogen-bond acceptors (Lipinski definition) is 3. The van der Waals surface area contributed by atoms with Crippen LogP contribution in [-0.4, -0.2) is 31.3 Å². The van der Waals surface area contributed by atoms with Crippen LogP contribution < -0.4 is 11.1 Å². The molecule has 0 saturated carbocycles. The second-order valence-corrected chi connectivity index (χ2v) is 4.87. The van der Waals surface area contributed by atoms with Crippen LogP contribution in [-0.2, 0) is 0 Å². The van der Waals surface area contributed by atoms with Crippen LogP contribution in [0.1, 0.15) is 32.3 Å². The van der Waals surface area contributed by atoms with Crippen LogP contribution in [0.25, 0.3) is 10.9 Å². The van der Waals surface area contributed by atoms with Gasteiger partial charge in [0.2, 0.25) is 0 Å². The first-order valence-corrected chi connectivity index (χ1v) is 7.07. The smallest absolute Gasteiger partial charge is 0.0507 e. The molecule has 0 aliphatic carbocycles. The van der Waals surface area contributed by atoms with E-state index in [1.807, 2.05) is 20.2 Å². The molecule has 0 unspecified atom stereocenters. The average molecular weight is 274 g/mol. The highest BCUT2D eigenvalue weighted by Crippen LogP contribution is 2.27. The van der Waals surface area contributed by atoms with Crippen molar-refractivity contribution in [3.05, 3.63) is 30.0 Å². The van der Waals surface area contributed by atoms with E-state index in [1.54, 1.807) is 6.21 Å². The molecule has 0 aliphatic heterocycles. The third-order valence-electron chi connectivity index (χ3n) is 3.04. The second kappa shape index (κ2) is 8.38. The molecule has 1 aromatic carbocycles. The highest BCUT2D eigenvalue weighted by molar-refractivity contribution is 5.86. The van der Waals surface area contributed by atoms with E-state index in [4.69, 9.17) is 5.73 Å². The molecule has 1 heterocycles. The lowest BCUT2D eigenvalue weighted by Gasteiger charge is -2.10. The maximum atomic E-state index is 5.10. The zero-order valence-corrected chi connectivity index (χ0v) is 12.9. The van der Waals surface area contributed by atoms with Gasteiger partial charge in [-0.15, -0.1) is 0 Å². The van der Waals surface area contributed by atoms with Crippen LogP contribution in [0, 0.1) is 0 Å². The molecule has 0 aliphatic rings. The fraction of sp³-hybridized carbons (Fsp3) is 0.438. The van der Waals surface area contributed by atoms with E-state index >= 15 is 0 Å². The molecule has 0 radical (unpaired) electrons. The zero-order chi connectivity index (χ0) is 15.0. The van der Waals surface area contributed by atoms with Gasteiger partial charge in [-0.25, -0.2) is 0 Å². The minimum atomic E-state index is 0.546. The summed E-state index contributed by atoms with van der Waals surface area (Å²) < 4.78 is 0. The summed E-state index contributed by atoms with van der Waals surface area (Å²) in [7, 11) is 1.96. The number of hydrogen-bond donors (Lipinski definition) is 3. The lowest BCUT2D eigenvalue weighted by atomic mass is 10.00. The zero-order valence-electron chi connectivity index (χ0n) is 12.9. The first kappa shape index (κ1) is 16.2. The third-order valence-corrected chi connectivity index (χ3v) is 3.04. The van der Waals surface area contributed by atoms with Gasteiger partial charge in [-0.1, -0.05) is 13.8 Å². The van der Waals surface area contributed by atoms with E-state index in [9.17, 15) is 0 Å². The number of nitrogens with zero attached hydrogens (tertiary/aromatic N) is 1. The number of rotatable bonds is 4. The van der Waals surface area contributed by atoms with Crippen molar-refractivity contribution in [2.24, 2.45) is 10.7 Å². The molecule has 2 aromatic rings. The predicted octanol–water partition coefficient (Wildman–Crippen LogP) is 3.37. The van der Waals surface area contributed by atoms with E-state index in [1.165, 1.54) is 22.2 Å². The first-order valence-electron chi connectivity index (χ1n) is 7.07. The van der Waals surface area contributed by atoms with Crippen LogP contribution >= 0.6 is 0 Å². The second-order valence-electron chi connectivity index (χ2n) is 4.87. The minimum absolute atomic E-state index is 0.546. The van der Waals surface area contributed by atoms with E-state index in [-0.39, 0.29) is 0 Å². The summed E-state index contributed by atoms with van der Waals surface area (Å²) in [4.78, 5) is 7.13. The number of aromatic nitrogens is 1. The fourth-order valence-corrected chi connectivity index (χ4v) is 2.00. The number of H-pyrrole nitrogens is 1. The molecule has 4 heteroatoms. The van der Waals surface area contributed by atoms with Gasteiger partial charge in [-0.2, -0.15) is 0 Å². The molecule has 4 N–H and O–H groups in total. The Bertz CT molecular complexity index is 540. The number of anilines is 1. The van der Waals surface area contributed by atoms with Gasteiger partial charge < -0.3 is 16.0 Å². The van der Waals surface area contributed by atoms with E-state index in [2.05, 4.69) is 47.3 Å². The number of nitrogens with one attached hydrogen (secondary N) is 2. The minimum Gasteiger partial charge on any atom is -0.388 e. The van der Waals surface area contributed by atoms with Crippen molar-refractivity contribution in [3.8, 4) is 0 Å². The van der Waals surface area contributed by atoms with Gasteiger partial charge in [0, 0.05) is 36.4 Å². The largest absolute Gasteiger partial charge is 0.388 e. The molecule has 4 nitrogen and oxygen atoms in total. The summed E-state index contributed by atoms with van der Waals surface area (Å²) in [6, 6.07) is 6.49. The molecule has 0 atom stereocenters. The summed E-state index contributed by atoms with van der Waals surface area (Å²) in [5.74, 6) is 0.546. The van der Waals surface area contributed by atoms with Gasteiger partial charge in [0.15, 0.2) is 0 Å². The molecular formula is C16H26N4. The Labute approximate surface area is 121 Å². The SMILES string of the molecule is CC=NCCN.CNc1cc(C(C)C)c2[nH]ccc2c1. The van der Waals surface area contributed by atoms with E-state index < -0.39 is 0 Å². The molecule has 0 saturated heterocycles. The Morgan fingerprint density at radius 3 is 2.65 bits per heavy atom. The standard InChI is InChI=1S/C12H16N2.C4H10N2/c1-8(2)11-7-10(13-3)6-9-4-5-14-12(9)11;1-2-6-4-3-5/h4-8,13-14H,1-3H3;2H,3-5H2,1H3. The van der Waals surface area contributed by atoms with Crippen molar-refractivity contribution in [2.75, 3.05) is 25.5 Å². The normalized spacial score (nSPS) is 10.9. The van der Waals surface area contributed by atoms with Crippen molar-refractivity contribution in [2.45, 2.75) is 26.7 Å². The monoisotopic (exact) mass is 274 g/mol. The molecule has 0 fully saturated rings. The topological polar surface area (TPSA) is 66.2 Å².